The van der Waals surface area contributed by atoms with Gasteiger partial charge in [-0.2, -0.15) is 0 Å². The summed E-state index contributed by atoms with van der Waals surface area (Å²) in [5.41, 5.74) is 4.57. The Hall–Kier alpha value is -1.63. The van der Waals surface area contributed by atoms with E-state index in [1.807, 2.05) is 0 Å². The van der Waals surface area contributed by atoms with Gasteiger partial charge in [0.05, 0.1) is 19.6 Å². The van der Waals surface area contributed by atoms with Crippen LogP contribution >= 0.6 is 0 Å². The second-order valence-corrected chi connectivity index (χ2v) is 2.15. The number of carboxylic acids is 1. The number of carboxylic acid groups (broad SMARTS) is 1. The number of hydrogen-bond donors (Lipinski definition) is 4. The summed E-state index contributed by atoms with van der Waals surface area (Å²) in [5, 5.41) is 12.4. The van der Waals surface area contributed by atoms with E-state index in [4.69, 9.17) is 5.11 Å². The smallest absolute Gasteiger partial charge is 0.317 e. The normalized spacial score (nSPS) is 14.8. The van der Waals surface area contributed by atoms with Crippen LogP contribution in [-0.2, 0) is 14.4 Å². The van der Waals surface area contributed by atoms with Crippen molar-refractivity contribution in [2.75, 3.05) is 19.6 Å². The van der Waals surface area contributed by atoms with Gasteiger partial charge in [-0.15, -0.1) is 0 Å². The molecule has 7 heteroatoms. The summed E-state index contributed by atoms with van der Waals surface area (Å²) in [6.45, 7) is -0.0301. The standard InChI is InChI=1S/C4H6N2O2.C2H5NO2/c7-3-1-5-4(8)2-6-3;3-1-2(4)5/h1-2H2,(H,5,8)(H,6,7);1,3H2,(H,4,5). The summed E-state index contributed by atoms with van der Waals surface area (Å²) in [6, 6.07) is 0. The van der Waals surface area contributed by atoms with E-state index < -0.39 is 5.97 Å². The van der Waals surface area contributed by atoms with E-state index in [9.17, 15) is 14.4 Å². The number of carbonyl (C=O) groups excluding carboxylic acids is 2. The van der Waals surface area contributed by atoms with E-state index in [0.29, 0.717) is 0 Å². The maximum Gasteiger partial charge on any atom is 0.317 e. The molecule has 0 spiro atoms. The molecule has 0 radical (unpaired) electrons. The van der Waals surface area contributed by atoms with Crippen molar-refractivity contribution in [1.82, 2.24) is 10.6 Å². The monoisotopic (exact) mass is 189 g/mol. The molecule has 0 aromatic carbocycles. The van der Waals surface area contributed by atoms with Crippen LogP contribution in [0.2, 0.25) is 0 Å². The van der Waals surface area contributed by atoms with Crippen molar-refractivity contribution < 1.29 is 19.5 Å². The predicted molar refractivity (Wildman–Crippen MR) is 42.7 cm³/mol. The van der Waals surface area contributed by atoms with Crippen LogP contribution in [0.25, 0.3) is 0 Å². The highest BCUT2D eigenvalue weighted by molar-refractivity contribution is 5.92. The first kappa shape index (κ1) is 11.4. The number of carbonyl (C=O) groups is 3. The predicted octanol–water partition coefficient (Wildman–Crippen LogP) is -2.74. The number of amides is 2. The molecule has 13 heavy (non-hydrogen) atoms. The summed E-state index contributed by atoms with van der Waals surface area (Å²) in [5.74, 6) is -1.21. The van der Waals surface area contributed by atoms with Gasteiger partial charge in [0.15, 0.2) is 0 Å². The van der Waals surface area contributed by atoms with Crippen molar-refractivity contribution in [3.63, 3.8) is 0 Å². The number of piperazine rings is 1. The average Bonchev–Trinajstić information content (AvgIpc) is 2.11. The van der Waals surface area contributed by atoms with Crippen molar-refractivity contribution in [3.05, 3.63) is 0 Å². The molecule has 5 N–H and O–H groups in total. The Morgan fingerprint density at radius 1 is 1.31 bits per heavy atom. The van der Waals surface area contributed by atoms with Gasteiger partial charge >= 0.3 is 5.97 Å². The van der Waals surface area contributed by atoms with Crippen LogP contribution in [-0.4, -0.2) is 42.5 Å². The van der Waals surface area contributed by atoms with Gasteiger partial charge in [0.2, 0.25) is 11.8 Å². The molecule has 74 valence electrons. The fourth-order valence-corrected chi connectivity index (χ4v) is 0.483. The zero-order valence-corrected chi connectivity index (χ0v) is 6.87. The van der Waals surface area contributed by atoms with E-state index in [1.165, 1.54) is 0 Å². The van der Waals surface area contributed by atoms with Crippen molar-refractivity contribution in [3.8, 4) is 0 Å². The molecular weight excluding hydrogens is 178 g/mol. The second kappa shape index (κ2) is 5.95. The fraction of sp³-hybridized carbons (Fsp3) is 0.500. The molecule has 0 unspecified atom stereocenters. The topological polar surface area (TPSA) is 122 Å². The van der Waals surface area contributed by atoms with Gasteiger partial charge in [0, 0.05) is 0 Å². The molecule has 1 heterocycles. The molecule has 1 aliphatic heterocycles. The first-order chi connectivity index (χ1) is 6.06. The third kappa shape index (κ3) is 6.76. The van der Waals surface area contributed by atoms with Gasteiger partial charge in [-0.1, -0.05) is 0 Å². The Bertz CT molecular complexity index is 188. The van der Waals surface area contributed by atoms with Crippen molar-refractivity contribution in [2.45, 2.75) is 0 Å². The highest BCUT2D eigenvalue weighted by Crippen LogP contribution is 1.72. The molecular formula is C6H11N3O4. The minimum atomic E-state index is -0.968. The average molecular weight is 189 g/mol. The number of hydrogen-bond acceptors (Lipinski definition) is 4. The quantitative estimate of drug-likeness (QED) is 0.356. The highest BCUT2D eigenvalue weighted by Gasteiger charge is 2.11. The van der Waals surface area contributed by atoms with Gasteiger partial charge in [-0.25, -0.2) is 0 Å². The lowest BCUT2D eigenvalue weighted by Gasteiger charge is -2.10. The van der Waals surface area contributed by atoms with Gasteiger partial charge in [0.1, 0.15) is 0 Å². The van der Waals surface area contributed by atoms with E-state index >= 15 is 0 Å². The van der Waals surface area contributed by atoms with E-state index in [1.54, 1.807) is 0 Å². The van der Waals surface area contributed by atoms with Crippen LogP contribution in [0.4, 0.5) is 0 Å². The lowest BCUT2D eigenvalue weighted by Crippen LogP contribution is -2.48. The summed E-state index contributed by atoms with van der Waals surface area (Å²) in [6.07, 6.45) is 0. The van der Waals surface area contributed by atoms with E-state index in [2.05, 4.69) is 16.4 Å². The van der Waals surface area contributed by atoms with Crippen molar-refractivity contribution in [2.24, 2.45) is 5.73 Å². The molecule has 2 amide bonds. The number of rotatable bonds is 1. The number of nitrogens with two attached hydrogens (primary N) is 1. The Morgan fingerprint density at radius 2 is 1.62 bits per heavy atom. The van der Waals surface area contributed by atoms with E-state index in [-0.39, 0.29) is 31.4 Å². The van der Waals surface area contributed by atoms with Crippen molar-refractivity contribution >= 4 is 17.8 Å². The third-order valence-corrected chi connectivity index (χ3v) is 1.07. The minimum Gasteiger partial charge on any atom is -0.480 e. The largest absolute Gasteiger partial charge is 0.480 e. The van der Waals surface area contributed by atoms with Crippen LogP contribution in [0, 0.1) is 0 Å². The van der Waals surface area contributed by atoms with Crippen LogP contribution in [0.3, 0.4) is 0 Å². The van der Waals surface area contributed by atoms with Crippen molar-refractivity contribution in [1.29, 1.82) is 0 Å². The number of aliphatic carboxylic acids is 1. The maximum absolute atomic E-state index is 10.3. The molecule has 1 aliphatic rings. The molecule has 0 aromatic rings. The molecule has 0 saturated carbocycles. The summed E-state index contributed by atoms with van der Waals surface area (Å²) in [4.78, 5) is 29.8. The maximum atomic E-state index is 10.3. The first-order valence-corrected chi connectivity index (χ1v) is 3.51. The zero-order valence-electron chi connectivity index (χ0n) is 6.87. The molecule has 1 saturated heterocycles. The summed E-state index contributed by atoms with van der Waals surface area (Å²) >= 11 is 0. The Balaban J connectivity index is 0.000000252. The second-order valence-electron chi connectivity index (χ2n) is 2.15. The van der Waals surface area contributed by atoms with Crippen LogP contribution in [0.1, 0.15) is 0 Å². The number of nitrogens with one attached hydrogen (secondary N) is 2. The van der Waals surface area contributed by atoms with Crippen LogP contribution in [0.15, 0.2) is 0 Å². The van der Waals surface area contributed by atoms with Crippen LogP contribution < -0.4 is 16.4 Å². The molecule has 7 nitrogen and oxygen atoms in total. The van der Waals surface area contributed by atoms with Gasteiger partial charge in [-0.05, 0) is 0 Å². The molecule has 0 bridgehead atoms. The minimum absolute atomic E-state index is 0.121. The highest BCUT2D eigenvalue weighted by atomic mass is 16.4. The summed E-state index contributed by atoms with van der Waals surface area (Å²) in [7, 11) is 0. The first-order valence-electron chi connectivity index (χ1n) is 3.51. The Morgan fingerprint density at radius 3 is 1.77 bits per heavy atom. The van der Waals surface area contributed by atoms with E-state index in [0.717, 1.165) is 0 Å². The Labute approximate surface area is 74.3 Å². The molecule has 1 rings (SSSR count). The lowest BCUT2D eigenvalue weighted by molar-refractivity contribution is -0.135. The Kier molecular flexibility index (Phi) is 5.20. The SMILES string of the molecule is NCC(=O)O.O=C1CNC(=O)CN1. The third-order valence-electron chi connectivity index (χ3n) is 1.07. The van der Waals surface area contributed by atoms with Crippen LogP contribution in [0.5, 0.6) is 0 Å². The van der Waals surface area contributed by atoms with Gasteiger partial charge in [0.25, 0.3) is 0 Å². The fourth-order valence-electron chi connectivity index (χ4n) is 0.483. The summed E-state index contributed by atoms with van der Waals surface area (Å²) < 4.78 is 0. The lowest BCUT2D eigenvalue weighted by atomic mass is 10.4. The molecule has 0 aliphatic carbocycles. The molecule has 1 fully saturated rings. The molecule has 0 atom stereocenters. The van der Waals surface area contributed by atoms with Gasteiger partial charge in [-0.3, -0.25) is 14.4 Å². The zero-order chi connectivity index (χ0) is 10.3. The van der Waals surface area contributed by atoms with Gasteiger partial charge < -0.3 is 21.5 Å². The molecule has 0 aromatic heterocycles.